The van der Waals surface area contributed by atoms with Crippen molar-refractivity contribution in [2.75, 3.05) is 12.3 Å². The van der Waals surface area contributed by atoms with Gasteiger partial charge < -0.3 is 10.6 Å². The Balaban J connectivity index is 2.37. The second-order valence-electron chi connectivity index (χ2n) is 4.81. The Labute approximate surface area is 116 Å². The predicted molar refractivity (Wildman–Crippen MR) is 73.9 cm³/mol. The topological polar surface area (TPSA) is 92.5 Å². The van der Waals surface area contributed by atoms with Crippen LogP contribution in [0.25, 0.3) is 0 Å². The zero-order valence-electron chi connectivity index (χ0n) is 11.5. The van der Waals surface area contributed by atoms with E-state index in [0.29, 0.717) is 17.7 Å². The van der Waals surface area contributed by atoms with Gasteiger partial charge in [0.2, 0.25) is 11.8 Å². The van der Waals surface area contributed by atoms with Gasteiger partial charge in [0.1, 0.15) is 12.6 Å². The van der Waals surface area contributed by atoms with Crippen LogP contribution in [-0.2, 0) is 9.59 Å². The second-order valence-corrected chi connectivity index (χ2v) is 4.81. The lowest BCUT2D eigenvalue weighted by atomic mass is 10.0. The number of carbonyl (C=O) groups is 3. The molecule has 2 rings (SSSR count). The van der Waals surface area contributed by atoms with Crippen molar-refractivity contribution in [3.63, 3.8) is 0 Å². The van der Waals surface area contributed by atoms with Gasteiger partial charge in [0, 0.05) is 5.69 Å². The van der Waals surface area contributed by atoms with E-state index in [1.54, 1.807) is 32.0 Å². The lowest BCUT2D eigenvalue weighted by Gasteiger charge is -2.33. The summed E-state index contributed by atoms with van der Waals surface area (Å²) in [5.41, 5.74) is 7.41. The minimum atomic E-state index is -0.639. The quantitative estimate of drug-likeness (QED) is 0.605. The van der Waals surface area contributed by atoms with Crippen LogP contribution in [0.1, 0.15) is 29.3 Å². The van der Waals surface area contributed by atoms with Gasteiger partial charge in [-0.3, -0.25) is 19.7 Å². The summed E-state index contributed by atoms with van der Waals surface area (Å²) in [6.07, 6.45) is 0.441. The molecule has 1 unspecified atom stereocenters. The molecule has 0 bridgehead atoms. The molecule has 1 aromatic rings. The molecule has 3 N–H and O–H groups in total. The second kappa shape index (κ2) is 5.32. The summed E-state index contributed by atoms with van der Waals surface area (Å²) in [4.78, 5) is 37.1. The third kappa shape index (κ3) is 2.36. The number of benzene rings is 1. The van der Waals surface area contributed by atoms with Gasteiger partial charge in [-0.05, 0) is 25.0 Å². The highest BCUT2D eigenvalue weighted by Crippen LogP contribution is 2.21. The third-order valence-corrected chi connectivity index (χ3v) is 3.46. The molecule has 6 nitrogen and oxygen atoms in total. The fourth-order valence-electron chi connectivity index (χ4n) is 2.31. The van der Waals surface area contributed by atoms with Crippen LogP contribution in [0.2, 0.25) is 0 Å². The van der Waals surface area contributed by atoms with E-state index in [2.05, 4.69) is 5.32 Å². The molecule has 1 saturated heterocycles. The van der Waals surface area contributed by atoms with E-state index in [1.165, 1.54) is 4.90 Å². The number of para-hydroxylation sites is 1. The molecule has 20 heavy (non-hydrogen) atoms. The standard InChI is InChI=1S/C14H17N3O3/c1-3-10-13(19)16-11(18)7-17(10)14(20)9-6-4-5-8(2)12(9)15/h4-6,10H,3,7,15H2,1-2H3,(H,16,18,19). The Hall–Kier alpha value is -2.37. The highest BCUT2D eigenvalue weighted by atomic mass is 16.2. The lowest BCUT2D eigenvalue weighted by molar-refractivity contribution is -0.138. The molecule has 0 aliphatic carbocycles. The van der Waals surface area contributed by atoms with Gasteiger partial charge >= 0.3 is 0 Å². The number of piperazine rings is 1. The molecule has 0 radical (unpaired) electrons. The number of nitrogens with zero attached hydrogens (tertiary/aromatic N) is 1. The molecule has 1 atom stereocenters. The molecule has 0 saturated carbocycles. The molecule has 1 aromatic carbocycles. The molecule has 1 aliphatic rings. The molecular formula is C14H17N3O3. The van der Waals surface area contributed by atoms with Gasteiger partial charge in [-0.2, -0.15) is 0 Å². The number of imide groups is 1. The zero-order chi connectivity index (χ0) is 14.9. The molecule has 0 spiro atoms. The number of amides is 3. The van der Waals surface area contributed by atoms with Crippen LogP contribution in [0.15, 0.2) is 18.2 Å². The number of anilines is 1. The largest absolute Gasteiger partial charge is 0.398 e. The maximum absolute atomic E-state index is 12.5. The number of nitrogen functional groups attached to an aromatic ring is 1. The van der Waals surface area contributed by atoms with Crippen LogP contribution in [0.5, 0.6) is 0 Å². The first-order valence-electron chi connectivity index (χ1n) is 6.45. The van der Waals surface area contributed by atoms with E-state index >= 15 is 0 Å². The first-order chi connectivity index (χ1) is 9.45. The SMILES string of the molecule is CCC1C(=O)NC(=O)CN1C(=O)c1cccc(C)c1N. The number of hydrogen-bond acceptors (Lipinski definition) is 4. The molecule has 3 amide bonds. The summed E-state index contributed by atoms with van der Waals surface area (Å²) in [5.74, 6) is -1.30. The van der Waals surface area contributed by atoms with Crippen molar-refractivity contribution in [3.8, 4) is 0 Å². The summed E-state index contributed by atoms with van der Waals surface area (Å²) in [7, 11) is 0. The summed E-state index contributed by atoms with van der Waals surface area (Å²) >= 11 is 0. The number of hydrogen-bond donors (Lipinski definition) is 2. The molecule has 1 heterocycles. The summed E-state index contributed by atoms with van der Waals surface area (Å²) in [5, 5.41) is 2.24. The van der Waals surface area contributed by atoms with Gasteiger partial charge in [-0.1, -0.05) is 19.1 Å². The molecule has 1 fully saturated rings. The number of aryl methyl sites for hydroxylation is 1. The van der Waals surface area contributed by atoms with E-state index in [9.17, 15) is 14.4 Å². The highest BCUT2D eigenvalue weighted by molar-refractivity contribution is 6.08. The number of rotatable bonds is 2. The van der Waals surface area contributed by atoms with Gasteiger partial charge in [0.25, 0.3) is 5.91 Å². The fraction of sp³-hybridized carbons (Fsp3) is 0.357. The molecule has 6 heteroatoms. The molecule has 1 aliphatic heterocycles. The van der Waals surface area contributed by atoms with Crippen molar-refractivity contribution in [2.45, 2.75) is 26.3 Å². The van der Waals surface area contributed by atoms with Gasteiger partial charge in [-0.15, -0.1) is 0 Å². The summed E-state index contributed by atoms with van der Waals surface area (Å²) < 4.78 is 0. The number of carbonyl (C=O) groups excluding carboxylic acids is 3. The van der Waals surface area contributed by atoms with Crippen LogP contribution in [0, 0.1) is 6.92 Å². The van der Waals surface area contributed by atoms with Crippen molar-refractivity contribution in [1.82, 2.24) is 10.2 Å². The van der Waals surface area contributed by atoms with Gasteiger partial charge in [0.05, 0.1) is 5.56 Å². The van der Waals surface area contributed by atoms with Crippen LogP contribution < -0.4 is 11.1 Å². The van der Waals surface area contributed by atoms with Crippen molar-refractivity contribution in [1.29, 1.82) is 0 Å². The first kappa shape index (κ1) is 14.0. The maximum Gasteiger partial charge on any atom is 0.257 e. The molecule has 106 valence electrons. The number of nitrogens with two attached hydrogens (primary N) is 1. The Bertz CT molecular complexity index is 583. The van der Waals surface area contributed by atoms with Crippen LogP contribution in [0.4, 0.5) is 5.69 Å². The monoisotopic (exact) mass is 275 g/mol. The smallest absolute Gasteiger partial charge is 0.257 e. The average molecular weight is 275 g/mol. The van der Waals surface area contributed by atoms with Gasteiger partial charge in [0.15, 0.2) is 0 Å². The third-order valence-electron chi connectivity index (χ3n) is 3.46. The van der Waals surface area contributed by atoms with Crippen molar-refractivity contribution < 1.29 is 14.4 Å². The Kier molecular flexibility index (Phi) is 3.74. The summed E-state index contributed by atoms with van der Waals surface area (Å²) in [6, 6.07) is 4.50. The van der Waals surface area contributed by atoms with E-state index < -0.39 is 17.9 Å². The Morgan fingerprint density at radius 1 is 1.45 bits per heavy atom. The highest BCUT2D eigenvalue weighted by Gasteiger charge is 2.36. The van der Waals surface area contributed by atoms with E-state index in [0.717, 1.165) is 5.56 Å². The van der Waals surface area contributed by atoms with Crippen molar-refractivity contribution in [3.05, 3.63) is 29.3 Å². The first-order valence-corrected chi connectivity index (χ1v) is 6.45. The molecular weight excluding hydrogens is 258 g/mol. The fourth-order valence-corrected chi connectivity index (χ4v) is 2.31. The normalized spacial score (nSPS) is 18.9. The maximum atomic E-state index is 12.5. The van der Waals surface area contributed by atoms with Crippen molar-refractivity contribution >= 4 is 23.4 Å². The predicted octanol–water partition coefficient (Wildman–Crippen LogP) is 0.454. The van der Waals surface area contributed by atoms with Crippen LogP contribution in [-0.4, -0.2) is 35.2 Å². The van der Waals surface area contributed by atoms with E-state index in [-0.39, 0.29) is 12.5 Å². The van der Waals surface area contributed by atoms with Gasteiger partial charge in [-0.25, -0.2) is 0 Å². The minimum Gasteiger partial charge on any atom is -0.398 e. The Morgan fingerprint density at radius 3 is 2.80 bits per heavy atom. The van der Waals surface area contributed by atoms with E-state index in [4.69, 9.17) is 5.73 Å². The van der Waals surface area contributed by atoms with Crippen LogP contribution >= 0.6 is 0 Å². The van der Waals surface area contributed by atoms with Crippen LogP contribution in [0.3, 0.4) is 0 Å². The minimum absolute atomic E-state index is 0.129. The average Bonchev–Trinajstić information content (AvgIpc) is 2.40. The van der Waals surface area contributed by atoms with Crippen molar-refractivity contribution in [2.24, 2.45) is 0 Å². The lowest BCUT2D eigenvalue weighted by Crippen LogP contribution is -2.59. The summed E-state index contributed by atoms with van der Waals surface area (Å²) in [6.45, 7) is 3.47. The molecule has 0 aromatic heterocycles. The zero-order valence-corrected chi connectivity index (χ0v) is 11.5. The Morgan fingerprint density at radius 2 is 2.15 bits per heavy atom. The van der Waals surface area contributed by atoms with E-state index in [1.807, 2.05) is 0 Å². The number of nitrogens with one attached hydrogen (secondary N) is 1.